The molecule has 1 atom stereocenters. The summed E-state index contributed by atoms with van der Waals surface area (Å²) in [6.45, 7) is 4.05. The third kappa shape index (κ3) is 3.65. The van der Waals surface area contributed by atoms with Crippen LogP contribution in [0.1, 0.15) is 21.8 Å². The number of aliphatic hydroxyl groups is 1. The number of aromatic nitrogens is 1. The van der Waals surface area contributed by atoms with Gasteiger partial charge in [-0.3, -0.25) is 0 Å². The van der Waals surface area contributed by atoms with Gasteiger partial charge in [0, 0.05) is 17.5 Å². The number of benzene rings is 1. The minimum Gasteiger partial charge on any atom is -0.392 e. The van der Waals surface area contributed by atoms with Crippen LogP contribution in [0, 0.1) is 13.8 Å². The molecule has 0 aliphatic carbocycles. The Morgan fingerprint density at radius 2 is 1.88 bits per heavy atom. The van der Waals surface area contributed by atoms with Crippen LogP contribution < -0.4 is 0 Å². The third-order valence-electron chi connectivity index (χ3n) is 2.67. The molecule has 0 radical (unpaired) electrons. The van der Waals surface area contributed by atoms with Crippen molar-refractivity contribution in [2.75, 3.05) is 0 Å². The molecule has 17 heavy (non-hydrogen) atoms. The molecule has 3 heteroatoms. The van der Waals surface area contributed by atoms with E-state index in [0.29, 0.717) is 12.8 Å². The Labute approximate surface area is 106 Å². The quantitative estimate of drug-likeness (QED) is 0.901. The first-order valence-electron chi connectivity index (χ1n) is 5.78. The van der Waals surface area contributed by atoms with Crippen LogP contribution in [0.5, 0.6) is 0 Å². The highest BCUT2D eigenvalue weighted by Gasteiger charge is 2.09. The Morgan fingerprint density at radius 1 is 1.18 bits per heavy atom. The molecule has 1 aromatic heterocycles. The minimum atomic E-state index is -0.344. The van der Waals surface area contributed by atoms with Gasteiger partial charge in [0.15, 0.2) is 0 Å². The average Bonchev–Trinajstić information content (AvgIpc) is 2.67. The number of hydrogen-bond donors (Lipinski definition) is 1. The molecule has 90 valence electrons. The number of thiazole rings is 1. The molecule has 2 aromatic rings. The molecule has 0 aliphatic rings. The van der Waals surface area contributed by atoms with Gasteiger partial charge in [-0.25, -0.2) is 4.98 Å². The summed E-state index contributed by atoms with van der Waals surface area (Å²) in [6.07, 6.45) is 0.994. The Balaban J connectivity index is 1.93. The van der Waals surface area contributed by atoms with Crippen LogP contribution in [-0.2, 0) is 12.8 Å². The predicted molar refractivity (Wildman–Crippen MR) is 71.4 cm³/mol. The lowest BCUT2D eigenvalue weighted by Gasteiger charge is -2.09. The summed E-state index contributed by atoms with van der Waals surface area (Å²) >= 11 is 1.62. The van der Waals surface area contributed by atoms with Gasteiger partial charge in [0.2, 0.25) is 0 Å². The van der Waals surface area contributed by atoms with Crippen LogP contribution in [0.2, 0.25) is 0 Å². The highest BCUT2D eigenvalue weighted by atomic mass is 32.1. The summed E-state index contributed by atoms with van der Waals surface area (Å²) < 4.78 is 0. The number of rotatable bonds is 4. The van der Waals surface area contributed by atoms with Crippen LogP contribution in [-0.4, -0.2) is 16.2 Å². The molecule has 0 saturated heterocycles. The Bertz CT molecular complexity index is 475. The van der Waals surface area contributed by atoms with E-state index in [2.05, 4.69) is 36.2 Å². The van der Waals surface area contributed by atoms with Gasteiger partial charge in [-0.15, -0.1) is 11.3 Å². The van der Waals surface area contributed by atoms with Crippen molar-refractivity contribution in [1.29, 1.82) is 0 Å². The molecule has 0 bridgehead atoms. The zero-order valence-corrected chi connectivity index (χ0v) is 11.0. The van der Waals surface area contributed by atoms with Crippen molar-refractivity contribution in [2.45, 2.75) is 32.8 Å². The zero-order valence-electron chi connectivity index (χ0n) is 10.2. The van der Waals surface area contributed by atoms with Crippen LogP contribution in [0.3, 0.4) is 0 Å². The van der Waals surface area contributed by atoms with Crippen LogP contribution in [0.25, 0.3) is 0 Å². The molecule has 0 amide bonds. The standard InChI is InChI=1S/C14H17NOS/c1-10-3-5-12(6-4-10)7-13(16)8-14-15-11(2)9-17-14/h3-6,9,13,16H,7-8H2,1-2H3. The molecule has 2 nitrogen and oxygen atoms in total. The van der Waals surface area contributed by atoms with E-state index in [-0.39, 0.29) is 6.10 Å². The van der Waals surface area contributed by atoms with Crippen molar-refractivity contribution in [3.8, 4) is 0 Å². The summed E-state index contributed by atoms with van der Waals surface area (Å²) in [5, 5.41) is 13.0. The largest absolute Gasteiger partial charge is 0.392 e. The van der Waals surface area contributed by atoms with E-state index in [4.69, 9.17) is 0 Å². The second kappa shape index (κ2) is 5.43. The third-order valence-corrected chi connectivity index (χ3v) is 3.66. The van der Waals surface area contributed by atoms with Gasteiger partial charge in [0.25, 0.3) is 0 Å². The average molecular weight is 247 g/mol. The fraction of sp³-hybridized carbons (Fsp3) is 0.357. The van der Waals surface area contributed by atoms with Gasteiger partial charge in [-0.2, -0.15) is 0 Å². The Kier molecular flexibility index (Phi) is 3.92. The molecule has 1 aromatic carbocycles. The first-order chi connectivity index (χ1) is 8.13. The molecule has 1 unspecified atom stereocenters. The lowest BCUT2D eigenvalue weighted by molar-refractivity contribution is 0.175. The molecule has 0 spiro atoms. The van der Waals surface area contributed by atoms with Crippen molar-refractivity contribution >= 4 is 11.3 Å². The van der Waals surface area contributed by atoms with Crippen LogP contribution in [0.15, 0.2) is 29.6 Å². The van der Waals surface area contributed by atoms with E-state index >= 15 is 0 Å². The van der Waals surface area contributed by atoms with Crippen molar-refractivity contribution in [3.63, 3.8) is 0 Å². The number of aryl methyl sites for hydroxylation is 2. The lowest BCUT2D eigenvalue weighted by atomic mass is 10.0. The van der Waals surface area contributed by atoms with E-state index in [0.717, 1.165) is 10.7 Å². The lowest BCUT2D eigenvalue weighted by Crippen LogP contribution is -2.13. The van der Waals surface area contributed by atoms with Gasteiger partial charge >= 0.3 is 0 Å². The van der Waals surface area contributed by atoms with Crippen molar-refractivity contribution in [1.82, 2.24) is 4.98 Å². The summed E-state index contributed by atoms with van der Waals surface area (Å²) in [5.41, 5.74) is 3.46. The maximum Gasteiger partial charge on any atom is 0.0954 e. The monoisotopic (exact) mass is 247 g/mol. The molecular weight excluding hydrogens is 230 g/mol. The Morgan fingerprint density at radius 3 is 2.47 bits per heavy atom. The first kappa shape index (κ1) is 12.3. The molecule has 1 heterocycles. The first-order valence-corrected chi connectivity index (χ1v) is 6.66. The van der Waals surface area contributed by atoms with Crippen LogP contribution in [0.4, 0.5) is 0 Å². The van der Waals surface area contributed by atoms with E-state index in [9.17, 15) is 5.11 Å². The molecule has 2 rings (SSSR count). The molecule has 1 N–H and O–H groups in total. The van der Waals surface area contributed by atoms with Crippen molar-refractivity contribution < 1.29 is 5.11 Å². The van der Waals surface area contributed by atoms with Gasteiger partial charge in [0.05, 0.1) is 11.1 Å². The normalized spacial score (nSPS) is 12.6. The number of nitrogens with zero attached hydrogens (tertiary/aromatic N) is 1. The summed E-state index contributed by atoms with van der Waals surface area (Å²) in [6, 6.07) is 8.31. The predicted octanol–water partition coefficient (Wildman–Crippen LogP) is 2.91. The SMILES string of the molecule is Cc1ccc(CC(O)Cc2nc(C)cs2)cc1. The molecule has 0 fully saturated rings. The summed E-state index contributed by atoms with van der Waals surface area (Å²) in [4.78, 5) is 4.36. The van der Waals surface area contributed by atoms with Crippen LogP contribution >= 0.6 is 11.3 Å². The number of aliphatic hydroxyl groups excluding tert-OH is 1. The smallest absolute Gasteiger partial charge is 0.0954 e. The number of hydrogen-bond acceptors (Lipinski definition) is 3. The maximum atomic E-state index is 10.0. The maximum absolute atomic E-state index is 10.0. The molecule has 0 aliphatic heterocycles. The fourth-order valence-corrected chi connectivity index (χ4v) is 2.61. The molecule has 0 saturated carbocycles. The summed E-state index contributed by atoms with van der Waals surface area (Å²) in [5.74, 6) is 0. The van der Waals surface area contributed by atoms with Gasteiger partial charge < -0.3 is 5.11 Å². The fourth-order valence-electron chi connectivity index (χ4n) is 1.77. The van der Waals surface area contributed by atoms with Crippen molar-refractivity contribution in [2.24, 2.45) is 0 Å². The van der Waals surface area contributed by atoms with E-state index < -0.39 is 0 Å². The van der Waals surface area contributed by atoms with Crippen molar-refractivity contribution in [3.05, 3.63) is 51.5 Å². The summed E-state index contributed by atoms with van der Waals surface area (Å²) in [7, 11) is 0. The van der Waals surface area contributed by atoms with Gasteiger partial charge in [0.1, 0.15) is 0 Å². The minimum absolute atomic E-state index is 0.344. The Hall–Kier alpha value is -1.19. The highest BCUT2D eigenvalue weighted by Crippen LogP contribution is 2.14. The topological polar surface area (TPSA) is 33.1 Å². The second-order valence-electron chi connectivity index (χ2n) is 4.43. The van der Waals surface area contributed by atoms with Gasteiger partial charge in [-0.05, 0) is 25.8 Å². The van der Waals surface area contributed by atoms with E-state index in [1.165, 1.54) is 11.1 Å². The van der Waals surface area contributed by atoms with E-state index in [1.807, 2.05) is 12.3 Å². The second-order valence-corrected chi connectivity index (χ2v) is 5.37. The van der Waals surface area contributed by atoms with Gasteiger partial charge in [-0.1, -0.05) is 29.8 Å². The van der Waals surface area contributed by atoms with E-state index in [1.54, 1.807) is 11.3 Å². The zero-order chi connectivity index (χ0) is 12.3. The highest BCUT2D eigenvalue weighted by molar-refractivity contribution is 7.09. The molecular formula is C14H17NOS.